The summed E-state index contributed by atoms with van der Waals surface area (Å²) in [4.78, 5) is 11.9. The smallest absolute Gasteiger partial charge is 0.242 e. The minimum atomic E-state index is -0.672. The van der Waals surface area contributed by atoms with Crippen molar-refractivity contribution < 1.29 is 4.79 Å². The van der Waals surface area contributed by atoms with E-state index in [2.05, 4.69) is 38.2 Å². The average Bonchev–Trinajstić information content (AvgIpc) is 2.38. The third-order valence-corrected chi connectivity index (χ3v) is 4.07. The van der Waals surface area contributed by atoms with Crippen LogP contribution in [0.15, 0.2) is 24.3 Å². The fourth-order valence-corrected chi connectivity index (χ4v) is 2.76. The number of rotatable bonds is 2. The summed E-state index contributed by atoms with van der Waals surface area (Å²) in [6.45, 7) is 7.41. The monoisotopic (exact) mass is 260 g/mol. The van der Waals surface area contributed by atoms with E-state index in [1.165, 1.54) is 5.56 Å². The zero-order valence-corrected chi connectivity index (χ0v) is 12.1. The van der Waals surface area contributed by atoms with Crippen molar-refractivity contribution >= 4 is 5.91 Å². The van der Waals surface area contributed by atoms with Crippen molar-refractivity contribution in [3.05, 3.63) is 35.4 Å². The molecule has 0 spiro atoms. The van der Waals surface area contributed by atoms with Gasteiger partial charge in [-0.3, -0.25) is 10.1 Å². The molecule has 1 aromatic carbocycles. The van der Waals surface area contributed by atoms with E-state index in [0.29, 0.717) is 0 Å². The molecule has 0 radical (unpaired) electrons. The van der Waals surface area contributed by atoms with Gasteiger partial charge >= 0.3 is 0 Å². The molecule has 1 aliphatic rings. The van der Waals surface area contributed by atoms with E-state index in [-0.39, 0.29) is 11.3 Å². The Kier molecular flexibility index (Phi) is 3.68. The highest BCUT2D eigenvalue weighted by molar-refractivity contribution is 5.86. The van der Waals surface area contributed by atoms with Gasteiger partial charge in [0.25, 0.3) is 0 Å². The van der Waals surface area contributed by atoms with Gasteiger partial charge in [-0.2, -0.15) is 0 Å². The van der Waals surface area contributed by atoms with Crippen molar-refractivity contribution in [2.24, 2.45) is 5.73 Å². The molecule has 2 rings (SSSR count). The summed E-state index contributed by atoms with van der Waals surface area (Å²) in [6.07, 6.45) is 2.93. The minimum absolute atomic E-state index is 0.123. The maximum atomic E-state index is 11.9. The summed E-state index contributed by atoms with van der Waals surface area (Å²) in [5, 5.41) is 3.33. The van der Waals surface area contributed by atoms with Crippen molar-refractivity contribution in [2.45, 2.75) is 51.0 Å². The van der Waals surface area contributed by atoms with Gasteiger partial charge < -0.3 is 5.73 Å². The first-order chi connectivity index (χ1) is 8.86. The zero-order chi connectivity index (χ0) is 14.1. The first-order valence-corrected chi connectivity index (χ1v) is 7.02. The number of carbonyl (C=O) groups excluding carboxylic acids is 1. The maximum absolute atomic E-state index is 11.9. The molecule has 1 fully saturated rings. The molecule has 104 valence electrons. The summed E-state index contributed by atoms with van der Waals surface area (Å²) in [6, 6.07) is 8.31. The lowest BCUT2D eigenvalue weighted by molar-refractivity contribution is -0.125. The van der Waals surface area contributed by atoms with Gasteiger partial charge in [-0.1, -0.05) is 45.0 Å². The van der Waals surface area contributed by atoms with Gasteiger partial charge in [0.15, 0.2) is 0 Å². The number of hydrogen-bond donors (Lipinski definition) is 2. The first-order valence-electron chi connectivity index (χ1n) is 7.02. The topological polar surface area (TPSA) is 55.1 Å². The number of nitrogens with two attached hydrogens (primary N) is 1. The Morgan fingerprint density at radius 1 is 1.21 bits per heavy atom. The van der Waals surface area contributed by atoms with E-state index < -0.39 is 5.54 Å². The van der Waals surface area contributed by atoms with Gasteiger partial charge in [-0.25, -0.2) is 0 Å². The molecule has 3 heteroatoms. The fourth-order valence-electron chi connectivity index (χ4n) is 2.76. The zero-order valence-electron chi connectivity index (χ0n) is 12.1. The number of carbonyl (C=O) groups is 1. The molecule has 1 atom stereocenters. The number of nitrogens with one attached hydrogen (secondary N) is 1. The van der Waals surface area contributed by atoms with Crippen molar-refractivity contribution in [1.29, 1.82) is 0 Å². The van der Waals surface area contributed by atoms with E-state index in [0.717, 1.165) is 31.4 Å². The molecule has 1 amide bonds. The molecule has 1 saturated heterocycles. The van der Waals surface area contributed by atoms with E-state index >= 15 is 0 Å². The lowest BCUT2D eigenvalue weighted by atomic mass is 9.79. The van der Waals surface area contributed by atoms with Crippen LogP contribution in [0.2, 0.25) is 0 Å². The van der Waals surface area contributed by atoms with Crippen LogP contribution in [-0.2, 0) is 15.7 Å². The Bertz CT molecular complexity index is 451. The average molecular weight is 260 g/mol. The Morgan fingerprint density at radius 2 is 1.84 bits per heavy atom. The van der Waals surface area contributed by atoms with Crippen LogP contribution < -0.4 is 11.1 Å². The quantitative estimate of drug-likeness (QED) is 0.858. The van der Waals surface area contributed by atoms with Crippen LogP contribution in [0, 0.1) is 0 Å². The summed E-state index contributed by atoms with van der Waals surface area (Å²) >= 11 is 0. The largest absolute Gasteiger partial charge is 0.368 e. The highest BCUT2D eigenvalue weighted by atomic mass is 16.1. The molecule has 0 bridgehead atoms. The molecule has 3 nitrogen and oxygen atoms in total. The summed E-state index contributed by atoms with van der Waals surface area (Å²) in [5.74, 6) is -0.268. The van der Waals surface area contributed by atoms with Crippen molar-refractivity contribution in [1.82, 2.24) is 5.32 Å². The van der Waals surface area contributed by atoms with Crippen molar-refractivity contribution in [3.8, 4) is 0 Å². The van der Waals surface area contributed by atoms with Crippen LogP contribution in [0.1, 0.15) is 51.2 Å². The van der Waals surface area contributed by atoms with Gasteiger partial charge in [0.1, 0.15) is 5.54 Å². The first kappa shape index (κ1) is 14.1. The highest BCUT2D eigenvalue weighted by Gasteiger charge is 2.39. The molecule has 1 aliphatic heterocycles. The lowest BCUT2D eigenvalue weighted by Gasteiger charge is -2.36. The van der Waals surface area contributed by atoms with Crippen molar-refractivity contribution in [3.63, 3.8) is 0 Å². The molecular formula is C16H24N2O. The summed E-state index contributed by atoms with van der Waals surface area (Å²) < 4.78 is 0. The second-order valence-electron chi connectivity index (χ2n) is 6.48. The number of piperidine rings is 1. The lowest BCUT2D eigenvalue weighted by Crippen LogP contribution is -2.55. The van der Waals surface area contributed by atoms with Crippen molar-refractivity contribution in [2.75, 3.05) is 6.54 Å². The van der Waals surface area contributed by atoms with Crippen LogP contribution in [0.25, 0.3) is 0 Å². The Balaban J connectivity index is 2.36. The highest BCUT2D eigenvalue weighted by Crippen LogP contribution is 2.32. The molecular weight excluding hydrogens is 236 g/mol. The van der Waals surface area contributed by atoms with Crippen LogP contribution in [0.4, 0.5) is 0 Å². The molecule has 0 aliphatic carbocycles. The number of benzene rings is 1. The van der Waals surface area contributed by atoms with Gasteiger partial charge in [-0.05, 0) is 42.3 Å². The Morgan fingerprint density at radius 3 is 2.26 bits per heavy atom. The van der Waals surface area contributed by atoms with Gasteiger partial charge in [-0.15, -0.1) is 0 Å². The third kappa shape index (κ3) is 2.66. The SMILES string of the molecule is CC(C)(C)c1ccc(C2(C(N)=O)CCCCN2)cc1. The molecule has 19 heavy (non-hydrogen) atoms. The molecule has 0 saturated carbocycles. The molecule has 1 unspecified atom stereocenters. The van der Waals surface area contributed by atoms with Gasteiger partial charge in [0.2, 0.25) is 5.91 Å². The molecule has 0 aromatic heterocycles. The van der Waals surface area contributed by atoms with E-state index in [1.807, 2.05) is 12.1 Å². The Hall–Kier alpha value is -1.35. The third-order valence-electron chi connectivity index (χ3n) is 4.07. The van der Waals surface area contributed by atoms with Crippen LogP contribution in [0.3, 0.4) is 0 Å². The van der Waals surface area contributed by atoms with Crippen LogP contribution >= 0.6 is 0 Å². The molecule has 1 aromatic rings. The second-order valence-corrected chi connectivity index (χ2v) is 6.48. The standard InChI is InChI=1S/C16H24N2O/c1-15(2,3)12-6-8-13(9-7-12)16(14(17)19)10-4-5-11-18-16/h6-9,18H,4-5,10-11H2,1-3H3,(H2,17,19). The summed E-state index contributed by atoms with van der Waals surface area (Å²) in [5.41, 5.74) is 7.37. The molecule has 3 N–H and O–H groups in total. The second kappa shape index (κ2) is 4.97. The summed E-state index contributed by atoms with van der Waals surface area (Å²) in [7, 11) is 0. The fraction of sp³-hybridized carbons (Fsp3) is 0.562. The van der Waals surface area contributed by atoms with E-state index in [4.69, 9.17) is 5.73 Å². The molecule has 1 heterocycles. The van der Waals surface area contributed by atoms with Crippen LogP contribution in [0.5, 0.6) is 0 Å². The predicted molar refractivity (Wildman–Crippen MR) is 77.9 cm³/mol. The Labute approximate surface area is 115 Å². The van der Waals surface area contributed by atoms with E-state index in [1.54, 1.807) is 0 Å². The number of hydrogen-bond acceptors (Lipinski definition) is 2. The maximum Gasteiger partial charge on any atom is 0.242 e. The van der Waals surface area contributed by atoms with E-state index in [9.17, 15) is 4.79 Å². The normalized spacial score (nSPS) is 24.2. The van der Waals surface area contributed by atoms with Crippen LogP contribution in [-0.4, -0.2) is 12.5 Å². The predicted octanol–water partition coefficient (Wildman–Crippen LogP) is 2.44. The minimum Gasteiger partial charge on any atom is -0.368 e. The van der Waals surface area contributed by atoms with Gasteiger partial charge in [0.05, 0.1) is 0 Å². The number of primary amides is 1. The van der Waals surface area contributed by atoms with Gasteiger partial charge in [0, 0.05) is 0 Å². The number of amides is 1.